The lowest BCUT2D eigenvalue weighted by atomic mass is 10.1. The van der Waals surface area contributed by atoms with Gasteiger partial charge < -0.3 is 0 Å². The molecular formula is C9H13NO3S2. The Morgan fingerprint density at radius 3 is 2.53 bits per heavy atom. The van der Waals surface area contributed by atoms with E-state index in [0.29, 0.717) is 0 Å². The number of thiophene rings is 1. The van der Waals surface area contributed by atoms with E-state index >= 15 is 0 Å². The van der Waals surface area contributed by atoms with E-state index in [1.807, 2.05) is 17.5 Å². The van der Waals surface area contributed by atoms with Crippen LogP contribution in [-0.4, -0.2) is 31.9 Å². The van der Waals surface area contributed by atoms with E-state index in [9.17, 15) is 13.2 Å². The van der Waals surface area contributed by atoms with Crippen LogP contribution in [0.1, 0.15) is 17.7 Å². The van der Waals surface area contributed by atoms with Crippen molar-refractivity contribution in [2.24, 2.45) is 0 Å². The number of hydrogen-bond donors (Lipinski definition) is 0. The van der Waals surface area contributed by atoms with E-state index in [1.165, 1.54) is 18.4 Å². The van der Waals surface area contributed by atoms with Crippen LogP contribution in [0.5, 0.6) is 0 Å². The molecule has 1 rings (SSSR count). The van der Waals surface area contributed by atoms with E-state index in [0.717, 1.165) is 15.4 Å². The fourth-order valence-electron chi connectivity index (χ4n) is 1.10. The highest BCUT2D eigenvalue weighted by molar-refractivity contribution is 7.88. The summed E-state index contributed by atoms with van der Waals surface area (Å²) < 4.78 is 23.1. The van der Waals surface area contributed by atoms with E-state index in [1.54, 1.807) is 6.92 Å². The molecule has 0 fully saturated rings. The molecule has 6 heteroatoms. The van der Waals surface area contributed by atoms with Crippen molar-refractivity contribution >= 4 is 27.3 Å². The van der Waals surface area contributed by atoms with Crippen LogP contribution in [0.2, 0.25) is 0 Å². The first-order chi connectivity index (χ1) is 6.84. The Labute approximate surface area is 93.6 Å². The highest BCUT2D eigenvalue weighted by Crippen LogP contribution is 2.22. The third-order valence-electron chi connectivity index (χ3n) is 2.15. The van der Waals surface area contributed by atoms with Crippen LogP contribution in [0, 0.1) is 0 Å². The van der Waals surface area contributed by atoms with Gasteiger partial charge in [-0.3, -0.25) is 4.79 Å². The SMILES string of the molecule is CC(C(=O)N(C)S(C)(=O)=O)c1cccs1. The fraction of sp³-hybridized carbons (Fsp3) is 0.444. The van der Waals surface area contributed by atoms with Gasteiger partial charge in [-0.2, -0.15) is 0 Å². The maximum absolute atomic E-state index is 11.7. The van der Waals surface area contributed by atoms with E-state index in [-0.39, 0.29) is 0 Å². The Kier molecular flexibility index (Phi) is 3.51. The van der Waals surface area contributed by atoms with Crippen LogP contribution in [-0.2, 0) is 14.8 Å². The Balaban J connectivity index is 2.87. The summed E-state index contributed by atoms with van der Waals surface area (Å²) >= 11 is 1.45. The first-order valence-electron chi connectivity index (χ1n) is 4.35. The van der Waals surface area contributed by atoms with Gasteiger partial charge in [-0.1, -0.05) is 6.07 Å². The summed E-state index contributed by atoms with van der Waals surface area (Å²) in [5.74, 6) is -0.815. The summed E-state index contributed by atoms with van der Waals surface area (Å²) in [6, 6.07) is 3.66. The first kappa shape index (κ1) is 12.2. The highest BCUT2D eigenvalue weighted by atomic mass is 32.2. The summed E-state index contributed by atoms with van der Waals surface area (Å²) in [6.07, 6.45) is 1.02. The molecule has 1 unspecified atom stereocenters. The molecule has 1 atom stereocenters. The minimum Gasteiger partial charge on any atom is -0.273 e. The number of carbonyl (C=O) groups is 1. The molecule has 1 aromatic heterocycles. The molecule has 0 aliphatic carbocycles. The standard InChI is InChI=1S/C9H13NO3S2/c1-7(8-5-4-6-14-8)9(11)10(2)15(3,12)13/h4-7H,1-3H3. The number of rotatable bonds is 3. The lowest BCUT2D eigenvalue weighted by Gasteiger charge is -2.18. The first-order valence-corrected chi connectivity index (χ1v) is 7.08. The predicted molar refractivity (Wildman–Crippen MR) is 60.3 cm³/mol. The number of amides is 1. The molecule has 4 nitrogen and oxygen atoms in total. The van der Waals surface area contributed by atoms with Crippen molar-refractivity contribution < 1.29 is 13.2 Å². The average Bonchev–Trinajstić information content (AvgIpc) is 2.65. The van der Waals surface area contributed by atoms with Crippen LogP contribution in [0.25, 0.3) is 0 Å². The molecule has 0 aromatic carbocycles. The van der Waals surface area contributed by atoms with Crippen molar-refractivity contribution in [1.82, 2.24) is 4.31 Å². The Hall–Kier alpha value is -0.880. The molecule has 0 bridgehead atoms. The third-order valence-corrected chi connectivity index (χ3v) is 4.38. The van der Waals surface area contributed by atoms with Gasteiger partial charge >= 0.3 is 0 Å². The van der Waals surface area contributed by atoms with Gasteiger partial charge in [0.2, 0.25) is 15.9 Å². The zero-order valence-electron chi connectivity index (χ0n) is 8.80. The summed E-state index contributed by atoms with van der Waals surface area (Å²) in [6.45, 7) is 1.70. The lowest BCUT2D eigenvalue weighted by Crippen LogP contribution is -2.34. The molecule has 0 radical (unpaired) electrons. The molecule has 1 heterocycles. The molecule has 1 aromatic rings. The zero-order valence-corrected chi connectivity index (χ0v) is 10.4. The third kappa shape index (κ3) is 2.79. The van der Waals surface area contributed by atoms with Gasteiger partial charge in [-0.05, 0) is 18.4 Å². The molecular weight excluding hydrogens is 234 g/mol. The Bertz CT molecular complexity index is 436. The highest BCUT2D eigenvalue weighted by Gasteiger charge is 2.25. The number of carbonyl (C=O) groups excluding carboxylic acids is 1. The molecule has 0 aliphatic rings. The number of likely N-dealkylation sites (N-methyl/N-ethyl adjacent to an activating group) is 1. The van der Waals surface area contributed by atoms with Gasteiger partial charge in [-0.25, -0.2) is 12.7 Å². The molecule has 1 amide bonds. The quantitative estimate of drug-likeness (QED) is 0.808. The number of hydrogen-bond acceptors (Lipinski definition) is 4. The van der Waals surface area contributed by atoms with Gasteiger partial charge in [-0.15, -0.1) is 11.3 Å². The van der Waals surface area contributed by atoms with Crippen molar-refractivity contribution in [2.75, 3.05) is 13.3 Å². The van der Waals surface area contributed by atoms with Crippen LogP contribution in [0.15, 0.2) is 17.5 Å². The monoisotopic (exact) mass is 247 g/mol. The molecule has 0 aliphatic heterocycles. The predicted octanol–water partition coefficient (Wildman–Crippen LogP) is 1.27. The number of nitrogens with zero attached hydrogens (tertiary/aromatic N) is 1. The largest absolute Gasteiger partial charge is 0.273 e. The second-order valence-corrected chi connectivity index (χ2v) is 6.30. The summed E-state index contributed by atoms with van der Waals surface area (Å²) in [4.78, 5) is 12.6. The maximum Gasteiger partial charge on any atom is 0.243 e. The van der Waals surface area contributed by atoms with Gasteiger partial charge in [0.1, 0.15) is 0 Å². The van der Waals surface area contributed by atoms with Crippen molar-refractivity contribution in [3.8, 4) is 0 Å². The topological polar surface area (TPSA) is 54.5 Å². The molecule has 0 spiro atoms. The van der Waals surface area contributed by atoms with Crippen LogP contribution in [0.3, 0.4) is 0 Å². The second-order valence-electron chi connectivity index (χ2n) is 3.31. The summed E-state index contributed by atoms with van der Waals surface area (Å²) in [5, 5.41) is 1.86. The van der Waals surface area contributed by atoms with Crippen molar-refractivity contribution in [3.05, 3.63) is 22.4 Å². The smallest absolute Gasteiger partial charge is 0.243 e. The number of sulfonamides is 1. The van der Waals surface area contributed by atoms with E-state index in [2.05, 4.69) is 0 Å². The van der Waals surface area contributed by atoms with Crippen molar-refractivity contribution in [1.29, 1.82) is 0 Å². The molecule has 0 saturated heterocycles. The minimum atomic E-state index is -3.45. The van der Waals surface area contributed by atoms with Gasteiger partial charge in [0, 0.05) is 11.9 Å². The maximum atomic E-state index is 11.7. The minimum absolute atomic E-state index is 0.403. The average molecular weight is 247 g/mol. The normalized spacial score (nSPS) is 13.5. The van der Waals surface area contributed by atoms with Gasteiger partial charge in [0.15, 0.2) is 0 Å². The van der Waals surface area contributed by atoms with Crippen LogP contribution in [0.4, 0.5) is 0 Å². The molecule has 0 saturated carbocycles. The van der Waals surface area contributed by atoms with Crippen LogP contribution >= 0.6 is 11.3 Å². The molecule has 15 heavy (non-hydrogen) atoms. The van der Waals surface area contributed by atoms with E-state index < -0.39 is 21.8 Å². The van der Waals surface area contributed by atoms with Crippen molar-refractivity contribution in [2.45, 2.75) is 12.8 Å². The van der Waals surface area contributed by atoms with E-state index in [4.69, 9.17) is 0 Å². The molecule has 0 N–H and O–H groups in total. The Morgan fingerprint density at radius 2 is 2.13 bits per heavy atom. The molecule has 84 valence electrons. The van der Waals surface area contributed by atoms with Gasteiger partial charge in [0.05, 0.1) is 12.2 Å². The van der Waals surface area contributed by atoms with Crippen molar-refractivity contribution in [3.63, 3.8) is 0 Å². The summed E-state index contributed by atoms with van der Waals surface area (Å²) in [5.41, 5.74) is 0. The fourth-order valence-corrected chi connectivity index (χ4v) is 2.36. The van der Waals surface area contributed by atoms with Gasteiger partial charge in [0.25, 0.3) is 0 Å². The van der Waals surface area contributed by atoms with Crippen LogP contribution < -0.4 is 0 Å². The second kappa shape index (κ2) is 4.32. The lowest BCUT2D eigenvalue weighted by molar-refractivity contribution is -0.126. The zero-order chi connectivity index (χ0) is 11.6. The Morgan fingerprint density at radius 1 is 1.53 bits per heavy atom. The summed E-state index contributed by atoms with van der Waals surface area (Å²) in [7, 11) is -2.17.